The van der Waals surface area contributed by atoms with Gasteiger partial charge in [-0.1, -0.05) is 36.0 Å². The van der Waals surface area contributed by atoms with E-state index >= 15 is 0 Å². The highest BCUT2D eigenvalue weighted by Crippen LogP contribution is 2.46. The molecule has 0 saturated heterocycles. The molecule has 1 aliphatic heterocycles. The number of hydrogen-bond donors (Lipinski definition) is 2. The molecule has 0 saturated carbocycles. The van der Waals surface area contributed by atoms with Gasteiger partial charge in [-0.25, -0.2) is 0 Å². The quantitative estimate of drug-likeness (QED) is 0.562. The van der Waals surface area contributed by atoms with Crippen LogP contribution in [-0.2, 0) is 16.1 Å². The minimum absolute atomic E-state index is 0.0525. The Labute approximate surface area is 178 Å². The summed E-state index contributed by atoms with van der Waals surface area (Å²) in [5.74, 6) is -1.65. The van der Waals surface area contributed by atoms with Gasteiger partial charge >= 0.3 is 11.9 Å². The van der Waals surface area contributed by atoms with Crippen molar-refractivity contribution in [1.29, 1.82) is 0 Å². The van der Waals surface area contributed by atoms with Gasteiger partial charge in [0, 0.05) is 23.6 Å². The Morgan fingerprint density at radius 1 is 0.967 bits per heavy atom. The number of carboxylic acids is 2. The summed E-state index contributed by atoms with van der Waals surface area (Å²) in [5.41, 5.74) is 2.99. The molecule has 1 aliphatic rings. The molecule has 0 aliphatic carbocycles. The van der Waals surface area contributed by atoms with Crippen LogP contribution in [0, 0.1) is 0 Å². The second kappa shape index (κ2) is 8.59. The summed E-state index contributed by atoms with van der Waals surface area (Å²) in [6.45, 7) is 0.798. The topological polar surface area (TPSA) is 81.7 Å². The van der Waals surface area contributed by atoms with Crippen LogP contribution in [0.1, 0.15) is 18.4 Å². The Hall–Kier alpha value is -3.32. The van der Waals surface area contributed by atoms with Crippen molar-refractivity contribution in [2.24, 2.45) is 0 Å². The van der Waals surface area contributed by atoms with Crippen molar-refractivity contribution < 1.29 is 24.4 Å². The number of hydrogen-bond acceptors (Lipinski definition) is 4. The average Bonchev–Trinajstić information content (AvgIpc) is 3.08. The van der Waals surface area contributed by atoms with Crippen LogP contribution in [0.4, 0.5) is 5.69 Å². The first-order valence-electron chi connectivity index (χ1n) is 9.64. The van der Waals surface area contributed by atoms with Crippen molar-refractivity contribution in [2.45, 2.75) is 24.3 Å². The van der Waals surface area contributed by atoms with Gasteiger partial charge in [0.15, 0.2) is 12.7 Å². The van der Waals surface area contributed by atoms with E-state index in [1.54, 1.807) is 11.8 Å². The van der Waals surface area contributed by atoms with E-state index in [1.165, 1.54) is 0 Å². The first-order valence-corrected chi connectivity index (χ1v) is 10.5. The van der Waals surface area contributed by atoms with Crippen molar-refractivity contribution in [3.63, 3.8) is 0 Å². The average molecular weight is 421 g/mol. The molecule has 6 nitrogen and oxygen atoms in total. The molecule has 1 aromatic heterocycles. The van der Waals surface area contributed by atoms with E-state index in [2.05, 4.69) is 6.08 Å². The van der Waals surface area contributed by atoms with E-state index in [0.717, 1.165) is 32.1 Å². The lowest BCUT2D eigenvalue weighted by atomic mass is 10.1. The van der Waals surface area contributed by atoms with Gasteiger partial charge in [0.25, 0.3) is 0 Å². The molecule has 4 rings (SSSR count). The minimum Gasteiger partial charge on any atom is -0.481 e. The maximum atomic E-state index is 11.2. The highest BCUT2D eigenvalue weighted by atomic mass is 32.2. The third-order valence-corrected chi connectivity index (χ3v) is 6.10. The van der Waals surface area contributed by atoms with Crippen molar-refractivity contribution in [3.8, 4) is 0 Å². The van der Waals surface area contributed by atoms with Crippen molar-refractivity contribution in [2.75, 3.05) is 11.4 Å². The zero-order valence-electron chi connectivity index (χ0n) is 16.2. The number of carbonyl (C=O) groups is 2. The lowest BCUT2D eigenvalue weighted by molar-refractivity contribution is -0.670. The molecular formula is C23H21N2O4S+. The number of carboxylic acid groups (broad SMARTS) is 2. The Morgan fingerprint density at radius 3 is 2.50 bits per heavy atom. The SMILES string of the molecule is O=C(O)CCN1C(=Cc2cc[n+](CCC(=O)O)c3ccccc23)Sc2ccccc21. The monoisotopic (exact) mass is 421 g/mol. The van der Waals surface area contributed by atoms with Crippen LogP contribution in [0.5, 0.6) is 0 Å². The van der Waals surface area contributed by atoms with Crippen LogP contribution in [0.3, 0.4) is 0 Å². The maximum Gasteiger partial charge on any atom is 0.309 e. The fourth-order valence-corrected chi connectivity index (χ4v) is 4.72. The number of aryl methyl sites for hydroxylation is 1. The number of para-hydroxylation sites is 2. The Balaban J connectivity index is 1.74. The summed E-state index contributed by atoms with van der Waals surface area (Å²) in [6, 6.07) is 17.9. The molecule has 0 bridgehead atoms. The van der Waals surface area contributed by atoms with Crippen molar-refractivity contribution in [1.82, 2.24) is 0 Å². The molecular weight excluding hydrogens is 400 g/mol. The highest BCUT2D eigenvalue weighted by Gasteiger charge is 2.25. The van der Waals surface area contributed by atoms with Crippen molar-refractivity contribution in [3.05, 3.63) is 71.4 Å². The molecule has 2 N–H and O–H groups in total. The number of benzene rings is 2. The van der Waals surface area contributed by atoms with Gasteiger partial charge in [-0.05, 0) is 29.8 Å². The van der Waals surface area contributed by atoms with Gasteiger partial charge in [0.05, 0.1) is 22.5 Å². The van der Waals surface area contributed by atoms with Crippen LogP contribution in [0.25, 0.3) is 17.0 Å². The van der Waals surface area contributed by atoms with E-state index in [-0.39, 0.29) is 12.8 Å². The zero-order chi connectivity index (χ0) is 21.1. The summed E-state index contributed by atoms with van der Waals surface area (Å²) < 4.78 is 1.95. The molecule has 3 aromatic rings. The van der Waals surface area contributed by atoms with Crippen LogP contribution in [0.15, 0.2) is 70.7 Å². The van der Waals surface area contributed by atoms with E-state index in [4.69, 9.17) is 10.2 Å². The first-order chi connectivity index (χ1) is 14.5. The Morgan fingerprint density at radius 2 is 1.70 bits per heavy atom. The molecule has 152 valence electrons. The summed E-state index contributed by atoms with van der Waals surface area (Å²) >= 11 is 1.63. The van der Waals surface area contributed by atoms with E-state index < -0.39 is 11.9 Å². The fourth-order valence-electron chi connectivity index (χ4n) is 3.58. The van der Waals surface area contributed by atoms with E-state index in [0.29, 0.717) is 13.1 Å². The molecule has 2 aromatic carbocycles. The van der Waals surface area contributed by atoms with Crippen LogP contribution in [0.2, 0.25) is 0 Å². The van der Waals surface area contributed by atoms with Gasteiger partial charge < -0.3 is 15.1 Å². The van der Waals surface area contributed by atoms with Gasteiger partial charge in [-0.15, -0.1) is 0 Å². The number of anilines is 1. The minimum atomic E-state index is -0.827. The Kier molecular flexibility index (Phi) is 5.72. The first kappa shape index (κ1) is 20.0. The molecule has 0 unspecified atom stereocenters. The van der Waals surface area contributed by atoms with Crippen molar-refractivity contribution >= 4 is 46.4 Å². The number of pyridine rings is 1. The number of nitrogens with zero attached hydrogens (tertiary/aromatic N) is 2. The van der Waals surface area contributed by atoms with Gasteiger partial charge in [-0.3, -0.25) is 9.59 Å². The highest BCUT2D eigenvalue weighted by molar-refractivity contribution is 8.03. The number of aliphatic carboxylic acids is 2. The summed E-state index contributed by atoms with van der Waals surface area (Å²) in [7, 11) is 0. The number of rotatable bonds is 7. The molecule has 7 heteroatoms. The molecule has 0 radical (unpaired) electrons. The predicted octanol–water partition coefficient (Wildman–Crippen LogP) is 3.99. The molecule has 0 spiro atoms. The van der Waals surface area contributed by atoms with Gasteiger partial charge in [0.1, 0.15) is 6.42 Å². The second-order valence-corrected chi connectivity index (χ2v) is 8.04. The summed E-state index contributed by atoms with van der Waals surface area (Å²) in [5, 5.41) is 20.2. The summed E-state index contributed by atoms with van der Waals surface area (Å²) in [6.07, 6.45) is 4.10. The zero-order valence-corrected chi connectivity index (χ0v) is 17.0. The van der Waals surface area contributed by atoms with E-state index in [9.17, 15) is 9.59 Å². The lowest BCUT2D eigenvalue weighted by Crippen LogP contribution is -2.35. The lowest BCUT2D eigenvalue weighted by Gasteiger charge is -2.19. The van der Waals surface area contributed by atoms with Crippen LogP contribution >= 0.6 is 11.8 Å². The largest absolute Gasteiger partial charge is 0.481 e. The van der Waals surface area contributed by atoms with Gasteiger partial charge in [-0.2, -0.15) is 4.57 Å². The number of thioether (sulfide) groups is 1. The predicted molar refractivity (Wildman–Crippen MR) is 116 cm³/mol. The fraction of sp³-hybridized carbons (Fsp3) is 0.174. The molecule has 0 amide bonds. The molecule has 0 atom stereocenters. The molecule has 2 heterocycles. The smallest absolute Gasteiger partial charge is 0.309 e. The molecule has 0 fully saturated rings. The third kappa shape index (κ3) is 4.16. The number of aromatic nitrogens is 1. The maximum absolute atomic E-state index is 11.2. The Bertz CT molecular complexity index is 1160. The van der Waals surface area contributed by atoms with E-state index in [1.807, 2.05) is 70.3 Å². The van der Waals surface area contributed by atoms with Crippen LogP contribution < -0.4 is 9.47 Å². The van der Waals surface area contributed by atoms with Crippen LogP contribution in [-0.4, -0.2) is 28.7 Å². The van der Waals surface area contributed by atoms with Gasteiger partial charge in [0.2, 0.25) is 5.52 Å². The number of fused-ring (bicyclic) bond motifs is 2. The second-order valence-electron chi connectivity index (χ2n) is 6.97. The standard InChI is InChI=1S/C23H20N2O4S/c26-22(27)10-13-24-12-9-16(17-5-1-2-6-18(17)24)15-21-25(14-11-23(28)29)19-7-3-4-8-20(19)30-21/h1-9,12,15H,10-11,13-14H2,(H-,26,27,28,29)/p+1. The normalized spacial score (nSPS) is 14.3. The molecule has 30 heavy (non-hydrogen) atoms. The third-order valence-electron chi connectivity index (χ3n) is 4.99. The summed E-state index contributed by atoms with van der Waals surface area (Å²) in [4.78, 5) is 25.3.